The van der Waals surface area contributed by atoms with Crippen molar-refractivity contribution in [1.82, 2.24) is 0 Å². The molecule has 0 spiro atoms. The third kappa shape index (κ3) is 3.44. The Labute approximate surface area is 128 Å². The maximum atomic E-state index is 13.9. The summed E-state index contributed by atoms with van der Waals surface area (Å²) in [4.78, 5) is 12.4. The van der Waals surface area contributed by atoms with Crippen LogP contribution in [-0.4, -0.2) is 10.9 Å². The van der Waals surface area contributed by atoms with Crippen molar-refractivity contribution in [2.45, 2.75) is 13.3 Å². The van der Waals surface area contributed by atoms with Crippen molar-refractivity contribution in [3.8, 4) is 0 Å². The van der Waals surface area contributed by atoms with Gasteiger partial charge >= 0.3 is 0 Å². The molecule has 0 aliphatic carbocycles. The van der Waals surface area contributed by atoms with Crippen LogP contribution in [0.3, 0.4) is 0 Å². The maximum absolute atomic E-state index is 13.9. The lowest BCUT2D eigenvalue weighted by atomic mass is 10.0. The Hall–Kier alpha value is -2.27. The van der Waals surface area contributed by atoms with E-state index in [1.807, 2.05) is 19.1 Å². The summed E-state index contributed by atoms with van der Waals surface area (Å²) in [5.41, 5.74) is 7.42. The molecule has 21 heavy (non-hydrogen) atoms. The summed E-state index contributed by atoms with van der Waals surface area (Å²) in [6, 6.07) is 11.5. The molecule has 2 aromatic rings. The van der Waals surface area contributed by atoms with Gasteiger partial charge in [-0.05, 0) is 36.2 Å². The first kappa shape index (κ1) is 15.1. The van der Waals surface area contributed by atoms with Crippen molar-refractivity contribution in [2.24, 2.45) is 5.73 Å². The quantitative estimate of drug-likeness (QED) is 0.852. The standard InChI is InChI=1S/C16H15FN2OS/c1-2-10-5-3-4-6-12(10)16(20)19-14-8-7-11(15(18)21)9-13(14)17/h3-9H,2H2,1H3,(H2,18,21)(H,19,20). The molecule has 3 N–H and O–H groups in total. The lowest BCUT2D eigenvalue weighted by molar-refractivity contribution is 0.102. The lowest BCUT2D eigenvalue weighted by Gasteiger charge is -2.10. The second-order valence-electron chi connectivity index (χ2n) is 4.52. The Balaban J connectivity index is 2.26. The van der Waals surface area contributed by atoms with Crippen LogP contribution in [0, 0.1) is 5.82 Å². The highest BCUT2D eigenvalue weighted by Crippen LogP contribution is 2.18. The lowest BCUT2D eigenvalue weighted by Crippen LogP contribution is -2.16. The number of amides is 1. The molecule has 0 unspecified atom stereocenters. The summed E-state index contributed by atoms with van der Waals surface area (Å²) >= 11 is 4.79. The molecule has 0 aromatic heterocycles. The minimum absolute atomic E-state index is 0.103. The van der Waals surface area contributed by atoms with Crippen LogP contribution in [0.25, 0.3) is 0 Å². The van der Waals surface area contributed by atoms with Gasteiger partial charge < -0.3 is 11.1 Å². The van der Waals surface area contributed by atoms with Gasteiger partial charge in [0.05, 0.1) is 5.69 Å². The Morgan fingerprint density at radius 3 is 2.62 bits per heavy atom. The van der Waals surface area contributed by atoms with Gasteiger partial charge in [0.1, 0.15) is 10.8 Å². The number of rotatable bonds is 4. The molecule has 0 radical (unpaired) electrons. The van der Waals surface area contributed by atoms with Crippen LogP contribution in [0.4, 0.5) is 10.1 Å². The number of nitrogens with two attached hydrogens (primary N) is 1. The highest BCUT2D eigenvalue weighted by molar-refractivity contribution is 7.80. The largest absolute Gasteiger partial charge is 0.389 e. The Bertz CT molecular complexity index is 700. The fraction of sp³-hybridized carbons (Fsp3) is 0.125. The molecule has 0 bridgehead atoms. The van der Waals surface area contributed by atoms with Gasteiger partial charge in [0.25, 0.3) is 5.91 Å². The molecule has 0 fully saturated rings. The molecule has 2 rings (SSSR count). The molecule has 0 aliphatic heterocycles. The number of benzene rings is 2. The third-order valence-electron chi connectivity index (χ3n) is 3.14. The molecular formula is C16H15FN2OS. The summed E-state index contributed by atoms with van der Waals surface area (Å²) in [5, 5.41) is 2.57. The van der Waals surface area contributed by atoms with E-state index in [-0.39, 0.29) is 16.6 Å². The molecule has 0 aliphatic rings. The van der Waals surface area contributed by atoms with Gasteiger partial charge in [-0.2, -0.15) is 0 Å². The average molecular weight is 302 g/mol. The molecule has 0 saturated heterocycles. The highest BCUT2D eigenvalue weighted by Gasteiger charge is 2.13. The van der Waals surface area contributed by atoms with Crippen LogP contribution >= 0.6 is 12.2 Å². The zero-order chi connectivity index (χ0) is 15.4. The minimum atomic E-state index is -0.567. The molecule has 0 atom stereocenters. The van der Waals surface area contributed by atoms with E-state index >= 15 is 0 Å². The van der Waals surface area contributed by atoms with Crippen LogP contribution in [0.15, 0.2) is 42.5 Å². The van der Waals surface area contributed by atoms with Gasteiger partial charge in [-0.25, -0.2) is 4.39 Å². The van der Waals surface area contributed by atoms with E-state index in [1.165, 1.54) is 12.1 Å². The number of hydrogen-bond donors (Lipinski definition) is 2. The van der Waals surface area contributed by atoms with Crippen molar-refractivity contribution >= 4 is 28.8 Å². The highest BCUT2D eigenvalue weighted by atomic mass is 32.1. The van der Waals surface area contributed by atoms with Crippen molar-refractivity contribution in [2.75, 3.05) is 5.32 Å². The number of halogens is 1. The molecule has 3 nitrogen and oxygen atoms in total. The first-order valence-electron chi connectivity index (χ1n) is 6.51. The molecule has 5 heteroatoms. The van der Waals surface area contributed by atoms with Crippen molar-refractivity contribution in [3.63, 3.8) is 0 Å². The molecule has 0 saturated carbocycles. The zero-order valence-corrected chi connectivity index (χ0v) is 12.3. The smallest absolute Gasteiger partial charge is 0.256 e. The van der Waals surface area contributed by atoms with E-state index in [9.17, 15) is 9.18 Å². The molecule has 2 aromatic carbocycles. The number of carbonyl (C=O) groups is 1. The number of hydrogen-bond acceptors (Lipinski definition) is 2. The summed E-state index contributed by atoms with van der Waals surface area (Å²) in [5.74, 6) is -0.906. The van der Waals surface area contributed by atoms with Crippen LogP contribution in [-0.2, 0) is 6.42 Å². The van der Waals surface area contributed by atoms with E-state index in [0.29, 0.717) is 11.1 Å². The van der Waals surface area contributed by atoms with Crippen LogP contribution in [0.5, 0.6) is 0 Å². The van der Waals surface area contributed by atoms with Crippen molar-refractivity contribution in [1.29, 1.82) is 0 Å². The van der Waals surface area contributed by atoms with Gasteiger partial charge in [0, 0.05) is 11.1 Å². The average Bonchev–Trinajstić information content (AvgIpc) is 2.48. The first-order chi connectivity index (χ1) is 10.0. The second-order valence-corrected chi connectivity index (χ2v) is 4.96. The Kier molecular flexibility index (Phi) is 4.65. The van der Waals surface area contributed by atoms with Crippen LogP contribution < -0.4 is 11.1 Å². The van der Waals surface area contributed by atoms with Crippen molar-refractivity contribution in [3.05, 3.63) is 65.0 Å². The van der Waals surface area contributed by atoms with Gasteiger partial charge in [-0.1, -0.05) is 37.3 Å². The van der Waals surface area contributed by atoms with E-state index in [0.717, 1.165) is 12.0 Å². The topological polar surface area (TPSA) is 55.1 Å². The molecular weight excluding hydrogens is 287 g/mol. The van der Waals surface area contributed by atoms with Crippen LogP contribution in [0.2, 0.25) is 0 Å². The van der Waals surface area contributed by atoms with E-state index in [1.54, 1.807) is 18.2 Å². The monoisotopic (exact) mass is 302 g/mol. The molecule has 108 valence electrons. The maximum Gasteiger partial charge on any atom is 0.256 e. The van der Waals surface area contributed by atoms with Crippen molar-refractivity contribution < 1.29 is 9.18 Å². The summed E-state index contributed by atoms with van der Waals surface area (Å²) < 4.78 is 13.9. The summed E-state index contributed by atoms with van der Waals surface area (Å²) in [7, 11) is 0. The van der Waals surface area contributed by atoms with Gasteiger partial charge in [-0.15, -0.1) is 0 Å². The number of thiocarbonyl (C=S) groups is 1. The molecule has 0 heterocycles. The SMILES string of the molecule is CCc1ccccc1C(=O)Nc1ccc(C(N)=S)cc1F. The Morgan fingerprint density at radius 2 is 2.00 bits per heavy atom. The number of anilines is 1. The molecule has 1 amide bonds. The van der Waals surface area contributed by atoms with E-state index in [4.69, 9.17) is 18.0 Å². The fourth-order valence-corrected chi connectivity index (χ4v) is 2.14. The Morgan fingerprint density at radius 1 is 1.29 bits per heavy atom. The van der Waals surface area contributed by atoms with Crippen LogP contribution in [0.1, 0.15) is 28.4 Å². The normalized spacial score (nSPS) is 10.2. The van der Waals surface area contributed by atoms with E-state index < -0.39 is 5.82 Å². The number of aryl methyl sites for hydroxylation is 1. The predicted octanol–water partition coefficient (Wildman–Crippen LogP) is 3.27. The minimum Gasteiger partial charge on any atom is -0.389 e. The number of nitrogens with one attached hydrogen (secondary N) is 1. The van der Waals surface area contributed by atoms with E-state index in [2.05, 4.69) is 5.32 Å². The zero-order valence-electron chi connectivity index (χ0n) is 11.5. The van der Waals surface area contributed by atoms with Gasteiger partial charge in [0.15, 0.2) is 0 Å². The first-order valence-corrected chi connectivity index (χ1v) is 6.92. The van der Waals surface area contributed by atoms with Gasteiger partial charge in [-0.3, -0.25) is 4.79 Å². The van der Waals surface area contributed by atoms with Gasteiger partial charge in [0.2, 0.25) is 0 Å². The fourth-order valence-electron chi connectivity index (χ4n) is 2.01. The summed E-state index contributed by atoms with van der Waals surface area (Å²) in [6.45, 7) is 1.96. The summed E-state index contributed by atoms with van der Waals surface area (Å²) in [6.07, 6.45) is 0.729. The predicted molar refractivity (Wildman–Crippen MR) is 86.1 cm³/mol. The second kappa shape index (κ2) is 6.45. The number of carbonyl (C=O) groups excluding carboxylic acids is 1. The third-order valence-corrected chi connectivity index (χ3v) is 3.38.